The fourth-order valence-corrected chi connectivity index (χ4v) is 6.17. The molecule has 0 spiro atoms. The van der Waals surface area contributed by atoms with Crippen LogP contribution in [0.1, 0.15) is 34.6 Å². The third-order valence-corrected chi connectivity index (χ3v) is 12.3. The molecule has 1 saturated heterocycles. The molecule has 0 radical (unpaired) electrons. The van der Waals surface area contributed by atoms with Crippen LogP contribution in [0.2, 0.25) is 18.1 Å². The van der Waals surface area contributed by atoms with Crippen LogP contribution in [0, 0.1) is 11.8 Å². The van der Waals surface area contributed by atoms with E-state index in [1.54, 1.807) is 0 Å². The minimum Gasteiger partial charge on any atom is -0.465 e. The summed E-state index contributed by atoms with van der Waals surface area (Å²) in [4.78, 5) is 24.6. The lowest BCUT2D eigenvalue weighted by molar-refractivity contribution is -0.147. The second-order valence-electron chi connectivity index (χ2n) is 9.53. The first-order chi connectivity index (χ1) is 13.8. The number of rotatable bonds is 9. The summed E-state index contributed by atoms with van der Waals surface area (Å²) in [6.45, 7) is 14.2. The fourth-order valence-electron chi connectivity index (χ4n) is 3.39. The summed E-state index contributed by atoms with van der Waals surface area (Å²) in [5.41, 5.74) is 0. The zero-order valence-corrected chi connectivity index (χ0v) is 20.9. The van der Waals surface area contributed by atoms with Crippen LogP contribution >= 0.6 is 0 Å². The number of hydrogen-bond donors (Lipinski definition) is 1. The SMILES string of the molecule is CC(=O)OC[C@H](CS(=O)c1ccccc1)[C@H]1NC(=O)[C@@H]1[C@@H](C)O[Si](C)(C)C(C)(C)C. The Hall–Kier alpha value is -1.51. The van der Waals surface area contributed by atoms with Crippen LogP contribution in [0.3, 0.4) is 0 Å². The van der Waals surface area contributed by atoms with Crippen molar-refractivity contribution in [1.82, 2.24) is 5.32 Å². The lowest BCUT2D eigenvalue weighted by Gasteiger charge is -2.47. The van der Waals surface area contributed by atoms with Gasteiger partial charge in [0, 0.05) is 29.5 Å². The highest BCUT2D eigenvalue weighted by Gasteiger charge is 2.50. The average molecular weight is 454 g/mol. The van der Waals surface area contributed by atoms with Gasteiger partial charge in [0.15, 0.2) is 8.32 Å². The monoisotopic (exact) mass is 453 g/mol. The maximum absolute atomic E-state index is 12.9. The summed E-state index contributed by atoms with van der Waals surface area (Å²) in [7, 11) is -3.32. The van der Waals surface area contributed by atoms with Crippen LogP contribution < -0.4 is 5.32 Å². The van der Waals surface area contributed by atoms with Crippen molar-refractivity contribution in [2.24, 2.45) is 11.8 Å². The van der Waals surface area contributed by atoms with Crippen LogP contribution in [-0.2, 0) is 29.6 Å². The number of hydrogen-bond acceptors (Lipinski definition) is 5. The van der Waals surface area contributed by atoms with E-state index in [1.807, 2.05) is 37.3 Å². The largest absolute Gasteiger partial charge is 0.465 e. The Bertz CT molecular complexity index is 777. The molecule has 0 bridgehead atoms. The van der Waals surface area contributed by atoms with E-state index < -0.39 is 25.1 Å². The molecule has 168 valence electrons. The van der Waals surface area contributed by atoms with E-state index in [9.17, 15) is 13.8 Å². The quantitative estimate of drug-likeness (QED) is 0.352. The first-order valence-corrected chi connectivity index (χ1v) is 14.6. The number of carbonyl (C=O) groups is 2. The summed E-state index contributed by atoms with van der Waals surface area (Å²) < 4.78 is 24.6. The number of benzene rings is 1. The van der Waals surface area contributed by atoms with Gasteiger partial charge >= 0.3 is 5.97 Å². The number of nitrogens with one attached hydrogen (secondary N) is 1. The molecule has 1 N–H and O–H groups in total. The van der Waals surface area contributed by atoms with Crippen molar-refractivity contribution < 1.29 is 23.0 Å². The van der Waals surface area contributed by atoms with Crippen molar-refractivity contribution in [2.45, 2.75) is 69.8 Å². The first-order valence-electron chi connectivity index (χ1n) is 10.4. The highest BCUT2D eigenvalue weighted by atomic mass is 32.2. The van der Waals surface area contributed by atoms with Crippen molar-refractivity contribution in [2.75, 3.05) is 12.4 Å². The van der Waals surface area contributed by atoms with Crippen molar-refractivity contribution in [3.63, 3.8) is 0 Å². The van der Waals surface area contributed by atoms with E-state index in [4.69, 9.17) is 9.16 Å². The zero-order chi connectivity index (χ0) is 22.7. The predicted octanol–water partition coefficient (Wildman–Crippen LogP) is 3.50. The zero-order valence-electron chi connectivity index (χ0n) is 19.1. The molecule has 1 fully saturated rings. The molecular weight excluding hydrogens is 418 g/mol. The van der Waals surface area contributed by atoms with Gasteiger partial charge in [-0.3, -0.25) is 13.8 Å². The molecule has 2 rings (SSSR count). The highest BCUT2D eigenvalue weighted by molar-refractivity contribution is 7.85. The van der Waals surface area contributed by atoms with Crippen molar-refractivity contribution in [1.29, 1.82) is 0 Å². The second kappa shape index (κ2) is 9.74. The highest BCUT2D eigenvalue weighted by Crippen LogP contribution is 2.39. The van der Waals surface area contributed by atoms with Gasteiger partial charge < -0.3 is 14.5 Å². The van der Waals surface area contributed by atoms with E-state index in [2.05, 4.69) is 39.2 Å². The average Bonchev–Trinajstić information content (AvgIpc) is 2.62. The molecule has 1 heterocycles. The minimum absolute atomic E-state index is 0.0307. The van der Waals surface area contributed by atoms with Crippen LogP contribution in [-0.4, -0.2) is 48.9 Å². The van der Waals surface area contributed by atoms with Crippen LogP contribution in [0.25, 0.3) is 0 Å². The van der Waals surface area contributed by atoms with Gasteiger partial charge in [-0.1, -0.05) is 39.0 Å². The molecule has 1 aliphatic heterocycles. The molecule has 6 nitrogen and oxygen atoms in total. The predicted molar refractivity (Wildman–Crippen MR) is 121 cm³/mol. The van der Waals surface area contributed by atoms with E-state index in [0.717, 1.165) is 4.90 Å². The number of esters is 1. The first kappa shape index (κ1) is 24.8. The van der Waals surface area contributed by atoms with Gasteiger partial charge in [-0.05, 0) is 37.2 Å². The molecule has 1 unspecified atom stereocenters. The Morgan fingerprint density at radius 3 is 2.33 bits per heavy atom. The summed E-state index contributed by atoms with van der Waals surface area (Å²) in [6, 6.07) is 8.95. The van der Waals surface area contributed by atoms with Gasteiger partial charge in [-0.25, -0.2) is 0 Å². The number of ether oxygens (including phenoxy) is 1. The number of amides is 1. The summed E-state index contributed by atoms with van der Waals surface area (Å²) in [5.74, 6) is -0.774. The third kappa shape index (κ3) is 6.01. The summed E-state index contributed by atoms with van der Waals surface area (Å²) >= 11 is 0. The molecule has 1 aromatic carbocycles. The van der Waals surface area contributed by atoms with Crippen LogP contribution in [0.5, 0.6) is 0 Å². The van der Waals surface area contributed by atoms with Crippen LogP contribution in [0.4, 0.5) is 0 Å². The molecule has 1 aromatic rings. The van der Waals surface area contributed by atoms with E-state index in [1.165, 1.54) is 6.92 Å². The summed E-state index contributed by atoms with van der Waals surface area (Å²) in [5, 5.41) is 2.98. The molecule has 5 atom stereocenters. The molecule has 0 aromatic heterocycles. The maximum atomic E-state index is 12.9. The Kier molecular flexibility index (Phi) is 8.04. The molecule has 8 heteroatoms. The van der Waals surface area contributed by atoms with Crippen molar-refractivity contribution in [3.05, 3.63) is 30.3 Å². The van der Waals surface area contributed by atoms with Gasteiger partial charge in [-0.15, -0.1) is 0 Å². The van der Waals surface area contributed by atoms with E-state index in [0.29, 0.717) is 5.75 Å². The van der Waals surface area contributed by atoms with Crippen molar-refractivity contribution in [3.8, 4) is 0 Å². The topological polar surface area (TPSA) is 81.7 Å². The van der Waals surface area contributed by atoms with Crippen LogP contribution in [0.15, 0.2) is 35.2 Å². The fraction of sp³-hybridized carbons (Fsp3) is 0.636. The summed E-state index contributed by atoms with van der Waals surface area (Å²) in [6.07, 6.45) is -0.269. The number of β-lactam (4-membered cyclic amide) rings is 1. The third-order valence-electron chi connectivity index (χ3n) is 6.17. The molecule has 1 amide bonds. The lowest BCUT2D eigenvalue weighted by atomic mass is 9.79. The normalized spacial score (nSPS) is 22.4. The molecule has 30 heavy (non-hydrogen) atoms. The van der Waals surface area contributed by atoms with E-state index >= 15 is 0 Å². The van der Waals surface area contributed by atoms with Crippen molar-refractivity contribution >= 4 is 31.0 Å². The number of carbonyl (C=O) groups excluding carboxylic acids is 2. The van der Waals surface area contributed by atoms with Gasteiger partial charge in [0.1, 0.15) is 0 Å². The smallest absolute Gasteiger partial charge is 0.302 e. The minimum atomic E-state index is -2.05. The molecular formula is C22H35NO5SSi. The van der Waals surface area contributed by atoms with Gasteiger partial charge in [0.25, 0.3) is 0 Å². The second-order valence-corrected chi connectivity index (χ2v) is 15.8. The Labute approximate surface area is 183 Å². The molecule has 0 aliphatic carbocycles. The Balaban J connectivity index is 2.17. The lowest BCUT2D eigenvalue weighted by Crippen LogP contribution is -2.67. The van der Waals surface area contributed by atoms with E-state index in [-0.39, 0.29) is 41.5 Å². The standard InChI is InChI=1S/C22H35NO5SSi/c1-15(28-30(6,7)22(3,4)5)19-20(23-21(19)25)17(13-27-16(2)24)14-29(26)18-11-9-8-10-12-18/h8-12,15,17,19-20H,13-14H2,1-7H3,(H,23,25)/t15-,17-,19-,20-,29?/m1/s1. The van der Waals surface area contributed by atoms with Gasteiger partial charge in [0.2, 0.25) is 5.91 Å². The maximum Gasteiger partial charge on any atom is 0.302 e. The van der Waals surface area contributed by atoms with Gasteiger partial charge in [0.05, 0.1) is 29.4 Å². The van der Waals surface area contributed by atoms with Gasteiger partial charge in [-0.2, -0.15) is 0 Å². The molecule has 1 aliphatic rings. The Morgan fingerprint density at radius 2 is 1.83 bits per heavy atom. The Morgan fingerprint density at radius 1 is 1.23 bits per heavy atom. The molecule has 0 saturated carbocycles.